The molecule has 0 aliphatic rings. The Kier molecular flexibility index (Phi) is 4.22. The Morgan fingerprint density at radius 3 is 2.69 bits per heavy atom. The highest BCUT2D eigenvalue weighted by Crippen LogP contribution is 2.10. The summed E-state index contributed by atoms with van der Waals surface area (Å²) in [5.74, 6) is 0.397. The van der Waals surface area contributed by atoms with Crippen molar-refractivity contribution in [3.05, 3.63) is 18.1 Å². The van der Waals surface area contributed by atoms with Crippen molar-refractivity contribution in [1.82, 2.24) is 9.97 Å². The Balaban J connectivity index is 2.81. The minimum Gasteiger partial charge on any atom is -0.368 e. The number of hydrogen-bond donors (Lipinski definition) is 2. The van der Waals surface area contributed by atoms with Crippen molar-refractivity contribution in [2.45, 2.75) is 33.2 Å². The lowest BCUT2D eigenvalue weighted by molar-refractivity contribution is -0.119. The van der Waals surface area contributed by atoms with Crippen molar-refractivity contribution in [2.75, 3.05) is 5.32 Å². The molecule has 3 N–H and O–H groups in total. The Bertz CT molecular complexity index is 365. The van der Waals surface area contributed by atoms with Crippen LogP contribution in [0.3, 0.4) is 0 Å². The van der Waals surface area contributed by atoms with Gasteiger partial charge in [-0.05, 0) is 12.3 Å². The summed E-state index contributed by atoms with van der Waals surface area (Å²) in [6.07, 6.45) is 2.32. The number of amides is 1. The molecule has 1 amide bonds. The molecule has 5 nitrogen and oxygen atoms in total. The lowest BCUT2D eigenvalue weighted by Gasteiger charge is -2.19. The van der Waals surface area contributed by atoms with E-state index in [-0.39, 0.29) is 11.8 Å². The van der Waals surface area contributed by atoms with E-state index in [1.807, 2.05) is 26.8 Å². The van der Waals surface area contributed by atoms with E-state index in [0.717, 1.165) is 12.1 Å². The van der Waals surface area contributed by atoms with Crippen LogP contribution in [-0.4, -0.2) is 21.9 Å². The van der Waals surface area contributed by atoms with Gasteiger partial charge in [0.15, 0.2) is 0 Å². The molecule has 5 heteroatoms. The molecule has 1 aromatic heterocycles. The molecule has 88 valence electrons. The van der Waals surface area contributed by atoms with Gasteiger partial charge in [0.2, 0.25) is 5.91 Å². The van der Waals surface area contributed by atoms with Gasteiger partial charge in [-0.1, -0.05) is 20.8 Å². The van der Waals surface area contributed by atoms with Crippen LogP contribution in [0.25, 0.3) is 0 Å². The maximum Gasteiger partial charge on any atom is 0.240 e. The summed E-state index contributed by atoms with van der Waals surface area (Å²) in [5.41, 5.74) is 6.25. The van der Waals surface area contributed by atoms with Gasteiger partial charge in [-0.25, -0.2) is 9.97 Å². The molecule has 1 atom stereocenters. The normalized spacial score (nSPS) is 12.5. The maximum atomic E-state index is 11.2. The molecule has 1 rings (SSSR count). The average Bonchev–Trinajstić information content (AvgIpc) is 2.25. The lowest BCUT2D eigenvalue weighted by atomic mass is 10.0. The monoisotopic (exact) mass is 222 g/mol. The van der Waals surface area contributed by atoms with Crippen molar-refractivity contribution in [2.24, 2.45) is 11.7 Å². The van der Waals surface area contributed by atoms with Gasteiger partial charge in [0, 0.05) is 11.8 Å². The van der Waals surface area contributed by atoms with Crippen LogP contribution in [0.4, 0.5) is 5.82 Å². The predicted molar refractivity (Wildman–Crippen MR) is 62.9 cm³/mol. The first-order valence-corrected chi connectivity index (χ1v) is 5.41. The van der Waals surface area contributed by atoms with E-state index >= 15 is 0 Å². The fraction of sp³-hybridized carbons (Fsp3) is 0.545. The van der Waals surface area contributed by atoms with Gasteiger partial charge in [-0.3, -0.25) is 4.79 Å². The summed E-state index contributed by atoms with van der Waals surface area (Å²) in [7, 11) is 0. The van der Waals surface area contributed by atoms with Crippen LogP contribution in [0, 0.1) is 5.92 Å². The molecular weight excluding hydrogens is 204 g/mol. The predicted octanol–water partition coefficient (Wildman–Crippen LogP) is 0.961. The summed E-state index contributed by atoms with van der Waals surface area (Å²) in [6, 6.07) is 1.43. The molecule has 0 bridgehead atoms. The second-order valence-corrected chi connectivity index (χ2v) is 4.02. The number of primary amides is 1. The summed E-state index contributed by atoms with van der Waals surface area (Å²) in [6.45, 7) is 5.88. The number of nitrogens with zero attached hydrogens (tertiary/aromatic N) is 2. The minimum absolute atomic E-state index is 0.123. The molecule has 0 saturated carbocycles. The number of aromatic nitrogens is 2. The van der Waals surface area contributed by atoms with E-state index in [9.17, 15) is 4.79 Å². The van der Waals surface area contributed by atoms with Gasteiger partial charge in [0.05, 0.1) is 0 Å². The highest BCUT2D eigenvalue weighted by atomic mass is 16.1. The third-order valence-electron chi connectivity index (χ3n) is 2.36. The van der Waals surface area contributed by atoms with Gasteiger partial charge in [0.25, 0.3) is 0 Å². The van der Waals surface area contributed by atoms with E-state index < -0.39 is 6.04 Å². The van der Waals surface area contributed by atoms with Crippen molar-refractivity contribution >= 4 is 11.7 Å². The molecule has 0 spiro atoms. The molecule has 0 aliphatic carbocycles. The molecule has 1 heterocycles. The minimum atomic E-state index is -0.403. The first kappa shape index (κ1) is 12.4. The van der Waals surface area contributed by atoms with Gasteiger partial charge < -0.3 is 11.1 Å². The number of aryl methyl sites for hydroxylation is 1. The number of carbonyl (C=O) groups is 1. The zero-order valence-corrected chi connectivity index (χ0v) is 9.90. The standard InChI is InChI=1S/C11H18N4O/c1-4-8-5-9(14-6-13-8)15-10(7(2)3)11(12)16/h5-7,10H,4H2,1-3H3,(H2,12,16)(H,13,14,15). The molecule has 16 heavy (non-hydrogen) atoms. The number of nitrogens with two attached hydrogens (primary N) is 1. The second kappa shape index (κ2) is 5.44. The van der Waals surface area contributed by atoms with E-state index in [1.54, 1.807) is 0 Å². The molecule has 1 unspecified atom stereocenters. The lowest BCUT2D eigenvalue weighted by Crippen LogP contribution is -2.39. The smallest absolute Gasteiger partial charge is 0.240 e. The van der Waals surface area contributed by atoms with Crippen LogP contribution in [0.5, 0.6) is 0 Å². The number of anilines is 1. The largest absolute Gasteiger partial charge is 0.368 e. The van der Waals surface area contributed by atoms with Gasteiger partial charge in [-0.2, -0.15) is 0 Å². The van der Waals surface area contributed by atoms with Crippen molar-refractivity contribution in [1.29, 1.82) is 0 Å². The topological polar surface area (TPSA) is 80.9 Å². The Morgan fingerprint density at radius 2 is 2.19 bits per heavy atom. The van der Waals surface area contributed by atoms with Crippen molar-refractivity contribution in [3.8, 4) is 0 Å². The molecule has 0 aromatic carbocycles. The quantitative estimate of drug-likeness (QED) is 0.777. The highest BCUT2D eigenvalue weighted by Gasteiger charge is 2.19. The zero-order valence-electron chi connectivity index (χ0n) is 9.90. The number of carbonyl (C=O) groups excluding carboxylic acids is 1. The molecule has 1 aromatic rings. The van der Waals surface area contributed by atoms with Crippen molar-refractivity contribution in [3.63, 3.8) is 0 Å². The van der Waals surface area contributed by atoms with Gasteiger partial charge >= 0.3 is 0 Å². The molecular formula is C11H18N4O. The van der Waals surface area contributed by atoms with E-state index in [2.05, 4.69) is 15.3 Å². The zero-order chi connectivity index (χ0) is 12.1. The summed E-state index contributed by atoms with van der Waals surface area (Å²) in [5, 5.41) is 3.03. The first-order valence-electron chi connectivity index (χ1n) is 5.41. The fourth-order valence-corrected chi connectivity index (χ4v) is 1.40. The van der Waals surface area contributed by atoms with E-state index in [4.69, 9.17) is 5.73 Å². The Morgan fingerprint density at radius 1 is 1.50 bits per heavy atom. The second-order valence-electron chi connectivity index (χ2n) is 4.02. The van der Waals surface area contributed by atoms with Crippen molar-refractivity contribution < 1.29 is 4.79 Å². The molecule has 0 fully saturated rings. The van der Waals surface area contributed by atoms with Gasteiger partial charge in [0.1, 0.15) is 18.2 Å². The van der Waals surface area contributed by atoms with Crippen LogP contribution in [-0.2, 0) is 11.2 Å². The third-order valence-corrected chi connectivity index (χ3v) is 2.36. The van der Waals surface area contributed by atoms with E-state index in [0.29, 0.717) is 5.82 Å². The number of nitrogens with one attached hydrogen (secondary N) is 1. The van der Waals surface area contributed by atoms with E-state index in [1.165, 1.54) is 6.33 Å². The average molecular weight is 222 g/mol. The van der Waals surface area contributed by atoms with Crippen LogP contribution < -0.4 is 11.1 Å². The van der Waals surface area contributed by atoms with Crippen LogP contribution in [0.15, 0.2) is 12.4 Å². The van der Waals surface area contributed by atoms with Crippen LogP contribution in [0.1, 0.15) is 26.5 Å². The Hall–Kier alpha value is -1.65. The number of rotatable bonds is 5. The van der Waals surface area contributed by atoms with Crippen LogP contribution >= 0.6 is 0 Å². The fourth-order valence-electron chi connectivity index (χ4n) is 1.40. The van der Waals surface area contributed by atoms with Gasteiger partial charge in [-0.15, -0.1) is 0 Å². The number of hydrogen-bond acceptors (Lipinski definition) is 4. The molecule has 0 saturated heterocycles. The third kappa shape index (κ3) is 3.18. The molecule has 0 radical (unpaired) electrons. The summed E-state index contributed by atoms with van der Waals surface area (Å²) >= 11 is 0. The first-order chi connectivity index (χ1) is 7.54. The molecule has 0 aliphatic heterocycles. The maximum absolute atomic E-state index is 11.2. The summed E-state index contributed by atoms with van der Waals surface area (Å²) in [4.78, 5) is 19.4. The SMILES string of the molecule is CCc1cc(NC(C(N)=O)C(C)C)ncn1. The summed E-state index contributed by atoms with van der Waals surface area (Å²) < 4.78 is 0. The van der Waals surface area contributed by atoms with Crippen LogP contribution in [0.2, 0.25) is 0 Å². The Labute approximate surface area is 95.5 Å². The highest BCUT2D eigenvalue weighted by molar-refractivity contribution is 5.82.